The molecule has 26 heavy (non-hydrogen) atoms. The van der Waals surface area contributed by atoms with Crippen LogP contribution in [0.4, 0.5) is 11.5 Å². The molecule has 0 saturated carbocycles. The van der Waals surface area contributed by atoms with E-state index in [1.54, 1.807) is 24.3 Å². The first-order valence-corrected chi connectivity index (χ1v) is 7.64. The first-order chi connectivity index (χ1) is 12.5. The Morgan fingerprint density at radius 1 is 1.27 bits per heavy atom. The van der Waals surface area contributed by atoms with Crippen LogP contribution >= 0.6 is 0 Å². The van der Waals surface area contributed by atoms with Gasteiger partial charge in [0.1, 0.15) is 24.3 Å². The molecule has 3 rings (SSSR count). The Labute approximate surface area is 146 Å². The van der Waals surface area contributed by atoms with Crippen molar-refractivity contribution in [1.29, 1.82) is 0 Å². The number of ether oxygens (including phenoxy) is 1. The quantitative estimate of drug-likeness (QED) is 0.234. The van der Waals surface area contributed by atoms with Crippen LogP contribution in [0.3, 0.4) is 0 Å². The third-order valence-corrected chi connectivity index (χ3v) is 3.52. The molecule has 0 radical (unpaired) electrons. The lowest BCUT2D eigenvalue weighted by Gasteiger charge is -2.04. The minimum atomic E-state index is -0.779. The van der Waals surface area contributed by atoms with Gasteiger partial charge in [0.15, 0.2) is 6.20 Å². The fraction of sp³-hybridized carbons (Fsp3) is 0.118. The zero-order valence-electron chi connectivity index (χ0n) is 13.4. The predicted octanol–water partition coefficient (Wildman–Crippen LogP) is 1.78. The average molecular weight is 356 g/mol. The highest BCUT2D eigenvalue weighted by molar-refractivity contribution is 5.92. The van der Waals surface area contributed by atoms with E-state index in [1.165, 1.54) is 24.4 Å². The number of nitrogens with one attached hydrogen (secondary N) is 2. The van der Waals surface area contributed by atoms with Crippen molar-refractivity contribution in [3.05, 3.63) is 74.8 Å². The van der Waals surface area contributed by atoms with E-state index in [2.05, 4.69) is 10.3 Å². The molecule has 0 aliphatic rings. The molecule has 0 spiro atoms. The first kappa shape index (κ1) is 17.1. The summed E-state index contributed by atoms with van der Waals surface area (Å²) in [6.45, 7) is 0.245. The Morgan fingerprint density at radius 3 is 2.81 bits per heavy atom. The molecule has 9 heteroatoms. The van der Waals surface area contributed by atoms with Gasteiger partial charge in [-0.25, -0.2) is 14.6 Å². The highest BCUT2D eigenvalue weighted by Gasteiger charge is 2.15. The standard InChI is InChI=1S/C17H13N3O6/c21-16(13-9-11-3-1-2-4-14(11)26-17(13)22)25-8-7-18-15-6-5-12(10-19-15)20(23)24/h1-6,9-10H,7-8H2,(H,18,19)/p+1. The molecule has 0 atom stereocenters. The second-order valence-electron chi connectivity index (χ2n) is 5.27. The van der Waals surface area contributed by atoms with Crippen molar-refractivity contribution in [1.82, 2.24) is 0 Å². The van der Waals surface area contributed by atoms with Gasteiger partial charge in [-0.2, -0.15) is 0 Å². The monoisotopic (exact) mass is 356 g/mol. The molecular formula is C17H14N3O6+. The topological polar surface area (TPSA) is 126 Å². The molecule has 0 amide bonds. The van der Waals surface area contributed by atoms with Crippen LogP contribution in [0.1, 0.15) is 10.4 Å². The summed E-state index contributed by atoms with van der Waals surface area (Å²) < 4.78 is 10.1. The minimum Gasteiger partial charge on any atom is -0.458 e. The van der Waals surface area contributed by atoms with Crippen LogP contribution in [0.2, 0.25) is 0 Å². The van der Waals surface area contributed by atoms with E-state index >= 15 is 0 Å². The van der Waals surface area contributed by atoms with Gasteiger partial charge in [-0.05, 0) is 12.1 Å². The fourth-order valence-corrected chi connectivity index (χ4v) is 2.25. The highest BCUT2D eigenvalue weighted by atomic mass is 16.6. The van der Waals surface area contributed by atoms with Crippen molar-refractivity contribution < 1.29 is 23.9 Å². The van der Waals surface area contributed by atoms with Crippen molar-refractivity contribution in [2.75, 3.05) is 18.5 Å². The van der Waals surface area contributed by atoms with Gasteiger partial charge in [0.05, 0.1) is 4.92 Å². The Bertz CT molecular complexity index is 1010. The number of carbonyl (C=O) groups is 1. The summed E-state index contributed by atoms with van der Waals surface area (Å²) in [6, 6.07) is 11.1. The number of rotatable bonds is 6. The van der Waals surface area contributed by atoms with Gasteiger partial charge in [0.25, 0.3) is 5.82 Å². The number of esters is 1. The van der Waals surface area contributed by atoms with E-state index < -0.39 is 16.5 Å². The SMILES string of the molecule is O=C(OCCNc1ccc([N+](=O)[O-])c[nH+]1)c1cc2ccccc2oc1=O. The van der Waals surface area contributed by atoms with Crippen LogP contribution in [-0.4, -0.2) is 24.0 Å². The molecule has 3 aromatic rings. The molecule has 0 aliphatic carbocycles. The summed E-state index contributed by atoms with van der Waals surface area (Å²) in [5.74, 6) is -0.254. The minimum absolute atomic E-state index is 0.00404. The second-order valence-corrected chi connectivity index (χ2v) is 5.27. The molecule has 0 saturated heterocycles. The second kappa shape index (κ2) is 7.43. The Balaban J connectivity index is 1.56. The number of H-pyrrole nitrogens is 1. The van der Waals surface area contributed by atoms with Crippen molar-refractivity contribution in [2.24, 2.45) is 0 Å². The number of para-hydroxylation sites is 1. The number of hydrogen-bond acceptors (Lipinski definition) is 7. The molecule has 1 aromatic carbocycles. The molecule has 0 fully saturated rings. The van der Waals surface area contributed by atoms with E-state index in [1.807, 2.05) is 0 Å². The average Bonchev–Trinajstić information content (AvgIpc) is 2.64. The summed E-state index contributed by atoms with van der Waals surface area (Å²) >= 11 is 0. The van der Waals surface area contributed by atoms with Crippen LogP contribution in [0.5, 0.6) is 0 Å². The van der Waals surface area contributed by atoms with Crippen molar-refractivity contribution >= 4 is 28.4 Å². The zero-order valence-corrected chi connectivity index (χ0v) is 13.4. The van der Waals surface area contributed by atoms with E-state index in [9.17, 15) is 19.7 Å². The Morgan fingerprint density at radius 2 is 2.08 bits per heavy atom. The maximum absolute atomic E-state index is 12.0. The van der Waals surface area contributed by atoms with Crippen LogP contribution in [0.15, 0.2) is 57.9 Å². The molecule has 0 bridgehead atoms. The lowest BCUT2D eigenvalue weighted by molar-refractivity contribution is -0.413. The van der Waals surface area contributed by atoms with E-state index in [4.69, 9.17) is 9.15 Å². The lowest BCUT2D eigenvalue weighted by atomic mass is 10.2. The number of anilines is 1. The zero-order chi connectivity index (χ0) is 18.5. The highest BCUT2D eigenvalue weighted by Crippen LogP contribution is 2.13. The number of nitro groups is 1. The van der Waals surface area contributed by atoms with Gasteiger partial charge in [-0.3, -0.25) is 15.4 Å². The summed E-state index contributed by atoms with van der Waals surface area (Å²) in [4.78, 5) is 36.7. The summed E-state index contributed by atoms with van der Waals surface area (Å²) in [7, 11) is 0. The summed E-state index contributed by atoms with van der Waals surface area (Å²) in [5, 5.41) is 14.1. The van der Waals surface area contributed by atoms with Gasteiger partial charge in [0, 0.05) is 17.5 Å². The number of pyridine rings is 1. The third kappa shape index (κ3) is 3.83. The van der Waals surface area contributed by atoms with Crippen LogP contribution < -0.4 is 15.9 Å². The van der Waals surface area contributed by atoms with E-state index in [-0.39, 0.29) is 24.4 Å². The molecular weight excluding hydrogens is 342 g/mol. The van der Waals surface area contributed by atoms with Crippen molar-refractivity contribution in [2.45, 2.75) is 0 Å². The fourth-order valence-electron chi connectivity index (χ4n) is 2.25. The number of carbonyl (C=O) groups excluding carboxylic acids is 1. The normalized spacial score (nSPS) is 10.5. The molecule has 0 aliphatic heterocycles. The third-order valence-electron chi connectivity index (χ3n) is 3.52. The number of fused-ring (bicyclic) bond motifs is 1. The molecule has 2 N–H and O–H groups in total. The van der Waals surface area contributed by atoms with Gasteiger partial charge < -0.3 is 9.15 Å². The number of aromatic amines is 1. The first-order valence-electron chi connectivity index (χ1n) is 7.64. The molecule has 9 nitrogen and oxygen atoms in total. The number of benzene rings is 1. The Kier molecular flexibility index (Phi) is 4.88. The van der Waals surface area contributed by atoms with Gasteiger partial charge in [0.2, 0.25) is 0 Å². The molecule has 0 unspecified atom stereocenters. The maximum atomic E-state index is 12.0. The van der Waals surface area contributed by atoms with Crippen LogP contribution in [-0.2, 0) is 4.74 Å². The lowest BCUT2D eigenvalue weighted by Crippen LogP contribution is -2.21. The Hall–Kier alpha value is -3.75. The van der Waals surface area contributed by atoms with Crippen molar-refractivity contribution in [3.8, 4) is 0 Å². The van der Waals surface area contributed by atoms with Gasteiger partial charge in [-0.15, -0.1) is 0 Å². The van der Waals surface area contributed by atoms with Crippen LogP contribution in [0, 0.1) is 10.1 Å². The number of nitrogens with zero attached hydrogens (tertiary/aromatic N) is 1. The molecule has 2 aromatic heterocycles. The van der Waals surface area contributed by atoms with Crippen LogP contribution in [0.25, 0.3) is 11.0 Å². The predicted molar refractivity (Wildman–Crippen MR) is 90.9 cm³/mol. The smallest absolute Gasteiger partial charge is 0.351 e. The van der Waals surface area contributed by atoms with E-state index in [0.717, 1.165) is 0 Å². The van der Waals surface area contributed by atoms with Gasteiger partial charge in [-0.1, -0.05) is 18.2 Å². The van der Waals surface area contributed by atoms with Gasteiger partial charge >= 0.3 is 17.3 Å². The summed E-state index contributed by atoms with van der Waals surface area (Å²) in [6.07, 6.45) is 1.24. The molecule has 132 valence electrons. The van der Waals surface area contributed by atoms with Crippen molar-refractivity contribution in [3.63, 3.8) is 0 Å². The van der Waals surface area contributed by atoms with E-state index in [0.29, 0.717) is 16.8 Å². The number of hydrogen-bond donors (Lipinski definition) is 1. The maximum Gasteiger partial charge on any atom is 0.351 e. The summed E-state index contributed by atoms with van der Waals surface area (Å²) in [5.41, 5.74) is -0.606. The number of aromatic nitrogens is 1. The molecule has 2 heterocycles. The largest absolute Gasteiger partial charge is 0.458 e.